The minimum Gasteiger partial charge on any atom is -0.336 e. The quantitative estimate of drug-likeness (QED) is 0.901. The third-order valence-electron chi connectivity index (χ3n) is 2.93. The summed E-state index contributed by atoms with van der Waals surface area (Å²) in [6.07, 6.45) is 5.41. The summed E-state index contributed by atoms with van der Waals surface area (Å²) in [5, 5.41) is 8.37. The first kappa shape index (κ1) is 13.1. The lowest BCUT2D eigenvalue weighted by atomic mass is 10.2. The highest BCUT2D eigenvalue weighted by atomic mass is 35.5. The first-order valence-corrected chi connectivity index (χ1v) is 6.48. The lowest BCUT2D eigenvalue weighted by Crippen LogP contribution is -2.27. The zero-order valence-corrected chi connectivity index (χ0v) is 11.6. The van der Waals surface area contributed by atoms with Crippen LogP contribution in [0.1, 0.15) is 31.4 Å². The maximum absolute atomic E-state index is 6.26. The number of imidazole rings is 1. The Bertz CT molecular complexity index is 516. The fourth-order valence-electron chi connectivity index (χ4n) is 2.08. The highest BCUT2D eigenvalue weighted by Gasteiger charge is 2.23. The summed E-state index contributed by atoms with van der Waals surface area (Å²) in [5.74, 6) is 0.939. The summed E-state index contributed by atoms with van der Waals surface area (Å²) in [4.78, 5) is 4.41. The monoisotopic (exact) mass is 267 g/mol. The van der Waals surface area contributed by atoms with Crippen molar-refractivity contribution in [3.05, 3.63) is 35.1 Å². The van der Waals surface area contributed by atoms with Crippen LogP contribution in [-0.2, 0) is 13.6 Å². The van der Waals surface area contributed by atoms with Crippen LogP contribution in [0.4, 0.5) is 0 Å². The standard InChI is InChI=1S/C12H18ClN5/c1-4-14-10(12-15-6-7-17(12)3)11-9(13)8-16-18(11)5-2/h6-8,10,14H,4-5H2,1-3H3. The van der Waals surface area contributed by atoms with Gasteiger partial charge in [0.05, 0.1) is 16.9 Å². The molecule has 2 rings (SSSR count). The van der Waals surface area contributed by atoms with Crippen molar-refractivity contribution in [1.82, 2.24) is 24.6 Å². The summed E-state index contributed by atoms with van der Waals surface area (Å²) in [6, 6.07) is -0.0371. The van der Waals surface area contributed by atoms with E-state index in [0.29, 0.717) is 5.02 Å². The highest BCUT2D eigenvalue weighted by molar-refractivity contribution is 6.31. The molecule has 2 aromatic rings. The number of rotatable bonds is 5. The van der Waals surface area contributed by atoms with Crippen molar-refractivity contribution in [2.45, 2.75) is 26.4 Å². The number of hydrogen-bond acceptors (Lipinski definition) is 3. The normalized spacial score (nSPS) is 12.9. The Labute approximate surface area is 112 Å². The van der Waals surface area contributed by atoms with Crippen molar-refractivity contribution in [1.29, 1.82) is 0 Å². The fraction of sp³-hybridized carbons (Fsp3) is 0.500. The summed E-state index contributed by atoms with van der Waals surface area (Å²) in [5.41, 5.74) is 0.968. The average Bonchev–Trinajstić information content (AvgIpc) is 2.93. The van der Waals surface area contributed by atoms with Crippen LogP contribution < -0.4 is 5.32 Å². The molecule has 1 atom stereocenters. The van der Waals surface area contributed by atoms with Gasteiger partial charge in [0.1, 0.15) is 11.9 Å². The van der Waals surface area contributed by atoms with Gasteiger partial charge in [-0.05, 0) is 13.5 Å². The van der Waals surface area contributed by atoms with Gasteiger partial charge in [-0.1, -0.05) is 18.5 Å². The van der Waals surface area contributed by atoms with Crippen LogP contribution in [0.2, 0.25) is 5.02 Å². The molecule has 0 spiro atoms. The van der Waals surface area contributed by atoms with E-state index in [0.717, 1.165) is 24.6 Å². The Morgan fingerprint density at radius 2 is 2.22 bits per heavy atom. The smallest absolute Gasteiger partial charge is 0.131 e. The lowest BCUT2D eigenvalue weighted by Gasteiger charge is -2.19. The molecule has 0 saturated carbocycles. The van der Waals surface area contributed by atoms with Crippen molar-refractivity contribution in [3.8, 4) is 0 Å². The molecule has 98 valence electrons. The zero-order valence-electron chi connectivity index (χ0n) is 10.9. The molecule has 2 heterocycles. The van der Waals surface area contributed by atoms with Gasteiger partial charge in [-0.3, -0.25) is 4.68 Å². The third-order valence-corrected chi connectivity index (χ3v) is 3.22. The molecule has 0 aromatic carbocycles. The van der Waals surface area contributed by atoms with Crippen LogP contribution in [0, 0.1) is 0 Å². The molecule has 0 bridgehead atoms. The number of nitrogens with one attached hydrogen (secondary N) is 1. The first-order chi connectivity index (χ1) is 8.69. The molecule has 0 aliphatic heterocycles. The molecule has 1 unspecified atom stereocenters. The van der Waals surface area contributed by atoms with Gasteiger partial charge >= 0.3 is 0 Å². The summed E-state index contributed by atoms with van der Waals surface area (Å²) < 4.78 is 3.90. The van der Waals surface area contributed by atoms with Crippen LogP contribution in [0.25, 0.3) is 0 Å². The number of nitrogens with zero attached hydrogens (tertiary/aromatic N) is 4. The van der Waals surface area contributed by atoms with Crippen LogP contribution in [0.3, 0.4) is 0 Å². The molecule has 0 aliphatic rings. The average molecular weight is 268 g/mol. The van der Waals surface area contributed by atoms with Crippen molar-refractivity contribution in [2.75, 3.05) is 6.54 Å². The predicted octanol–water partition coefficient (Wildman–Crippen LogP) is 1.99. The van der Waals surface area contributed by atoms with Gasteiger partial charge in [0.25, 0.3) is 0 Å². The lowest BCUT2D eigenvalue weighted by molar-refractivity contribution is 0.514. The van der Waals surface area contributed by atoms with E-state index in [4.69, 9.17) is 11.6 Å². The van der Waals surface area contributed by atoms with E-state index in [1.165, 1.54) is 0 Å². The summed E-state index contributed by atoms with van der Waals surface area (Å²) >= 11 is 6.26. The molecule has 0 fully saturated rings. The van der Waals surface area contributed by atoms with Gasteiger partial charge in [0, 0.05) is 26.0 Å². The van der Waals surface area contributed by atoms with Gasteiger partial charge in [-0.2, -0.15) is 5.10 Å². The Balaban J connectivity index is 2.47. The van der Waals surface area contributed by atoms with Gasteiger partial charge in [-0.25, -0.2) is 4.98 Å². The van der Waals surface area contributed by atoms with Gasteiger partial charge in [0.15, 0.2) is 0 Å². The van der Waals surface area contributed by atoms with Crippen LogP contribution in [0.5, 0.6) is 0 Å². The molecule has 0 amide bonds. The molecular formula is C12H18ClN5. The number of aromatic nitrogens is 4. The molecule has 0 aliphatic carbocycles. The third kappa shape index (κ3) is 2.28. The van der Waals surface area contributed by atoms with Crippen molar-refractivity contribution >= 4 is 11.6 Å². The molecule has 0 radical (unpaired) electrons. The van der Waals surface area contributed by atoms with E-state index in [2.05, 4.69) is 22.3 Å². The SMILES string of the molecule is CCNC(c1nccn1C)c1c(Cl)cnn1CC. The van der Waals surface area contributed by atoms with Crippen LogP contribution >= 0.6 is 11.6 Å². The molecule has 2 aromatic heterocycles. The van der Waals surface area contributed by atoms with Gasteiger partial charge in [-0.15, -0.1) is 0 Å². The van der Waals surface area contributed by atoms with Gasteiger partial charge < -0.3 is 9.88 Å². The Kier molecular flexibility index (Phi) is 4.04. The van der Waals surface area contributed by atoms with Crippen LogP contribution in [-0.4, -0.2) is 25.9 Å². The van der Waals surface area contributed by atoms with Crippen LogP contribution in [0.15, 0.2) is 18.6 Å². The van der Waals surface area contributed by atoms with E-state index in [-0.39, 0.29) is 6.04 Å². The maximum Gasteiger partial charge on any atom is 0.131 e. The number of halogens is 1. The molecule has 0 saturated heterocycles. The second kappa shape index (κ2) is 5.54. The van der Waals surface area contributed by atoms with Crippen molar-refractivity contribution < 1.29 is 0 Å². The Hall–Kier alpha value is -1.33. The molecule has 6 heteroatoms. The number of aryl methyl sites for hydroxylation is 2. The minimum absolute atomic E-state index is 0.0371. The topological polar surface area (TPSA) is 47.7 Å². The summed E-state index contributed by atoms with van der Waals surface area (Å²) in [7, 11) is 1.98. The Morgan fingerprint density at radius 1 is 1.44 bits per heavy atom. The number of hydrogen-bond donors (Lipinski definition) is 1. The largest absolute Gasteiger partial charge is 0.336 e. The predicted molar refractivity (Wildman–Crippen MR) is 71.6 cm³/mol. The van der Waals surface area contributed by atoms with E-state index >= 15 is 0 Å². The second-order valence-corrected chi connectivity index (χ2v) is 4.49. The van der Waals surface area contributed by atoms with Gasteiger partial charge in [0.2, 0.25) is 0 Å². The Morgan fingerprint density at radius 3 is 2.78 bits per heavy atom. The van der Waals surface area contributed by atoms with E-state index in [1.54, 1.807) is 12.4 Å². The molecule has 18 heavy (non-hydrogen) atoms. The highest BCUT2D eigenvalue weighted by Crippen LogP contribution is 2.27. The van der Waals surface area contributed by atoms with E-state index in [1.807, 2.05) is 29.4 Å². The molecular weight excluding hydrogens is 250 g/mol. The maximum atomic E-state index is 6.26. The molecule has 1 N–H and O–H groups in total. The zero-order chi connectivity index (χ0) is 13.1. The molecule has 5 nitrogen and oxygen atoms in total. The summed E-state index contributed by atoms with van der Waals surface area (Å²) in [6.45, 7) is 5.74. The van der Waals surface area contributed by atoms with Crippen molar-refractivity contribution in [2.24, 2.45) is 7.05 Å². The van der Waals surface area contributed by atoms with E-state index < -0.39 is 0 Å². The second-order valence-electron chi connectivity index (χ2n) is 4.08. The van der Waals surface area contributed by atoms with Crippen molar-refractivity contribution in [3.63, 3.8) is 0 Å². The minimum atomic E-state index is -0.0371. The van der Waals surface area contributed by atoms with E-state index in [9.17, 15) is 0 Å². The first-order valence-electron chi connectivity index (χ1n) is 6.10. The fourth-order valence-corrected chi connectivity index (χ4v) is 2.33.